The second kappa shape index (κ2) is 6.03. The number of aryl methyl sites for hydroxylation is 1. The van der Waals surface area contributed by atoms with Crippen LogP contribution in [-0.2, 0) is 6.54 Å². The van der Waals surface area contributed by atoms with Crippen LogP contribution in [-0.4, -0.2) is 7.11 Å². The number of benzene rings is 1. The van der Waals surface area contributed by atoms with Crippen molar-refractivity contribution in [1.82, 2.24) is 5.32 Å². The maximum absolute atomic E-state index is 5.39. The Hall–Kier alpha value is -1.32. The van der Waals surface area contributed by atoms with Crippen molar-refractivity contribution in [3.63, 3.8) is 0 Å². The van der Waals surface area contributed by atoms with Gasteiger partial charge in [0.15, 0.2) is 0 Å². The lowest BCUT2D eigenvalue weighted by molar-refractivity contribution is 0.406. The van der Waals surface area contributed by atoms with Crippen LogP contribution in [0.3, 0.4) is 0 Å². The van der Waals surface area contributed by atoms with Gasteiger partial charge < -0.3 is 10.1 Å². The molecule has 2 aromatic rings. The molecule has 0 spiro atoms. The third kappa shape index (κ3) is 3.12. The summed E-state index contributed by atoms with van der Waals surface area (Å²) in [6.07, 6.45) is 0. The number of hydrogen-bond donors (Lipinski definition) is 1. The summed E-state index contributed by atoms with van der Waals surface area (Å²) in [4.78, 5) is 1.36. The van der Waals surface area contributed by atoms with E-state index in [0.717, 1.165) is 12.3 Å². The smallest absolute Gasteiger partial charge is 0.123 e. The van der Waals surface area contributed by atoms with E-state index in [9.17, 15) is 0 Å². The number of rotatable bonds is 5. The first-order valence-electron chi connectivity index (χ1n) is 6.11. The highest BCUT2D eigenvalue weighted by Crippen LogP contribution is 2.22. The highest BCUT2D eigenvalue weighted by Gasteiger charge is 2.08. The van der Waals surface area contributed by atoms with Crippen LogP contribution in [0.2, 0.25) is 0 Å². The largest absolute Gasteiger partial charge is 0.496 e. The van der Waals surface area contributed by atoms with E-state index >= 15 is 0 Å². The van der Waals surface area contributed by atoms with Gasteiger partial charge in [-0.15, -0.1) is 11.3 Å². The van der Waals surface area contributed by atoms with Gasteiger partial charge in [-0.25, -0.2) is 0 Å². The number of hydrogen-bond acceptors (Lipinski definition) is 3. The maximum Gasteiger partial charge on any atom is 0.123 e. The molecule has 0 amide bonds. The van der Waals surface area contributed by atoms with Gasteiger partial charge in [-0.2, -0.15) is 0 Å². The highest BCUT2D eigenvalue weighted by molar-refractivity contribution is 7.10. The van der Waals surface area contributed by atoms with Crippen molar-refractivity contribution in [2.75, 3.05) is 7.11 Å². The monoisotopic (exact) mass is 261 g/mol. The zero-order chi connectivity index (χ0) is 13.0. The summed E-state index contributed by atoms with van der Waals surface area (Å²) in [5.74, 6) is 0.950. The number of nitrogens with one attached hydrogen (secondary N) is 1. The average molecular weight is 261 g/mol. The molecule has 0 aliphatic heterocycles. The van der Waals surface area contributed by atoms with E-state index in [0.29, 0.717) is 6.04 Å². The molecule has 1 atom stereocenters. The van der Waals surface area contributed by atoms with Crippen LogP contribution in [0.25, 0.3) is 0 Å². The summed E-state index contributed by atoms with van der Waals surface area (Å²) in [5.41, 5.74) is 2.47. The molecule has 2 rings (SSSR count). The lowest BCUT2D eigenvalue weighted by Gasteiger charge is -2.14. The molecule has 1 heterocycles. The maximum atomic E-state index is 5.39. The molecule has 0 saturated carbocycles. The van der Waals surface area contributed by atoms with Gasteiger partial charge in [0.1, 0.15) is 5.75 Å². The second-order valence-corrected chi connectivity index (χ2v) is 5.41. The normalized spacial score (nSPS) is 12.4. The first-order valence-corrected chi connectivity index (χ1v) is 6.99. The number of methoxy groups -OCH3 is 1. The summed E-state index contributed by atoms with van der Waals surface area (Å²) in [7, 11) is 1.72. The molecular formula is C15H19NOS. The van der Waals surface area contributed by atoms with Gasteiger partial charge in [-0.3, -0.25) is 0 Å². The zero-order valence-electron chi connectivity index (χ0n) is 11.1. The third-order valence-electron chi connectivity index (χ3n) is 3.00. The molecule has 1 aromatic heterocycles. The minimum atomic E-state index is 0.371. The topological polar surface area (TPSA) is 21.3 Å². The van der Waals surface area contributed by atoms with Crippen molar-refractivity contribution in [3.05, 3.63) is 51.7 Å². The van der Waals surface area contributed by atoms with Gasteiger partial charge in [0, 0.05) is 23.0 Å². The third-order valence-corrected chi connectivity index (χ3v) is 4.06. The quantitative estimate of drug-likeness (QED) is 0.881. The summed E-state index contributed by atoms with van der Waals surface area (Å²) in [5, 5.41) is 5.65. The summed E-state index contributed by atoms with van der Waals surface area (Å²) in [6.45, 7) is 5.11. The first-order chi connectivity index (χ1) is 8.70. The fourth-order valence-corrected chi connectivity index (χ4v) is 2.71. The molecule has 1 aromatic carbocycles. The lowest BCUT2D eigenvalue weighted by Crippen LogP contribution is -2.17. The van der Waals surface area contributed by atoms with Crippen LogP contribution in [0, 0.1) is 6.92 Å². The van der Waals surface area contributed by atoms with E-state index in [1.807, 2.05) is 6.07 Å². The molecule has 0 saturated heterocycles. The standard InChI is InChI=1S/C15H19NOS/c1-11-6-7-14(17-3)13(9-11)10-16-12(2)15-5-4-8-18-15/h4-9,12,16H,10H2,1-3H3/t12-/m0/s1. The minimum absolute atomic E-state index is 0.371. The summed E-state index contributed by atoms with van der Waals surface area (Å²) < 4.78 is 5.39. The molecule has 3 heteroatoms. The molecule has 2 nitrogen and oxygen atoms in total. The predicted octanol–water partition coefficient (Wildman–Crippen LogP) is 3.92. The lowest BCUT2D eigenvalue weighted by atomic mass is 10.1. The molecule has 0 bridgehead atoms. The molecule has 0 aliphatic rings. The molecule has 0 fully saturated rings. The van der Waals surface area contributed by atoms with Crippen LogP contribution in [0.15, 0.2) is 35.7 Å². The van der Waals surface area contributed by atoms with E-state index in [2.05, 4.69) is 48.8 Å². The molecule has 96 valence electrons. The van der Waals surface area contributed by atoms with E-state index in [1.165, 1.54) is 16.0 Å². The Bertz CT molecular complexity index is 493. The van der Waals surface area contributed by atoms with Crippen LogP contribution >= 0.6 is 11.3 Å². The summed E-state index contributed by atoms with van der Waals surface area (Å²) in [6, 6.07) is 10.9. The molecule has 1 N–H and O–H groups in total. The van der Waals surface area contributed by atoms with Gasteiger partial charge in [0.2, 0.25) is 0 Å². The number of thiophene rings is 1. The molecule has 0 aliphatic carbocycles. The molecular weight excluding hydrogens is 242 g/mol. The fourth-order valence-electron chi connectivity index (χ4n) is 1.95. The second-order valence-electron chi connectivity index (χ2n) is 4.43. The fraction of sp³-hybridized carbons (Fsp3) is 0.333. The van der Waals surface area contributed by atoms with Crippen molar-refractivity contribution in [2.24, 2.45) is 0 Å². The van der Waals surface area contributed by atoms with Crippen molar-refractivity contribution in [2.45, 2.75) is 26.4 Å². The molecule has 18 heavy (non-hydrogen) atoms. The van der Waals surface area contributed by atoms with E-state index in [4.69, 9.17) is 4.74 Å². The van der Waals surface area contributed by atoms with Gasteiger partial charge in [0.25, 0.3) is 0 Å². The van der Waals surface area contributed by atoms with E-state index in [1.54, 1.807) is 18.4 Å². The van der Waals surface area contributed by atoms with Crippen LogP contribution in [0.5, 0.6) is 5.75 Å². The average Bonchev–Trinajstić information content (AvgIpc) is 2.90. The molecule has 0 unspecified atom stereocenters. The Morgan fingerprint density at radius 2 is 2.17 bits per heavy atom. The van der Waals surface area contributed by atoms with Gasteiger partial charge in [0.05, 0.1) is 7.11 Å². The predicted molar refractivity (Wildman–Crippen MR) is 77.3 cm³/mol. The Morgan fingerprint density at radius 3 is 2.83 bits per heavy atom. The molecule has 0 radical (unpaired) electrons. The highest BCUT2D eigenvalue weighted by atomic mass is 32.1. The zero-order valence-corrected chi connectivity index (χ0v) is 11.9. The van der Waals surface area contributed by atoms with Crippen molar-refractivity contribution < 1.29 is 4.74 Å². The Morgan fingerprint density at radius 1 is 1.33 bits per heavy atom. The van der Waals surface area contributed by atoms with Crippen LogP contribution in [0.1, 0.15) is 29.0 Å². The first kappa shape index (κ1) is 13.1. The van der Waals surface area contributed by atoms with Gasteiger partial charge in [-0.1, -0.05) is 23.8 Å². The van der Waals surface area contributed by atoms with Crippen molar-refractivity contribution in [1.29, 1.82) is 0 Å². The van der Waals surface area contributed by atoms with E-state index in [-0.39, 0.29) is 0 Å². The SMILES string of the molecule is COc1ccc(C)cc1CN[C@@H](C)c1cccs1. The van der Waals surface area contributed by atoms with Crippen LogP contribution < -0.4 is 10.1 Å². The van der Waals surface area contributed by atoms with E-state index < -0.39 is 0 Å². The minimum Gasteiger partial charge on any atom is -0.496 e. The Labute approximate surface area is 113 Å². The Kier molecular flexibility index (Phi) is 4.39. The summed E-state index contributed by atoms with van der Waals surface area (Å²) >= 11 is 1.79. The van der Waals surface area contributed by atoms with Gasteiger partial charge >= 0.3 is 0 Å². The number of ether oxygens (including phenoxy) is 1. The Balaban J connectivity index is 2.03. The van der Waals surface area contributed by atoms with Crippen molar-refractivity contribution >= 4 is 11.3 Å². The van der Waals surface area contributed by atoms with Crippen LogP contribution in [0.4, 0.5) is 0 Å². The van der Waals surface area contributed by atoms with Gasteiger partial charge in [-0.05, 0) is 31.4 Å². The van der Waals surface area contributed by atoms with Crippen molar-refractivity contribution in [3.8, 4) is 5.75 Å².